The van der Waals surface area contributed by atoms with E-state index in [0.717, 1.165) is 16.4 Å². The number of nitrogens with two attached hydrogens (primary N) is 1. The van der Waals surface area contributed by atoms with Crippen LogP contribution in [0.5, 0.6) is 0 Å². The summed E-state index contributed by atoms with van der Waals surface area (Å²) in [5.74, 6) is 0. The molecule has 2 aromatic rings. The normalized spacial score (nSPS) is 11.9. The van der Waals surface area contributed by atoms with Crippen LogP contribution in [-0.4, -0.2) is 11.0 Å². The maximum absolute atomic E-state index is 10.7. The summed E-state index contributed by atoms with van der Waals surface area (Å²) in [6.07, 6.45) is 0. The van der Waals surface area contributed by atoms with Gasteiger partial charge in [0.2, 0.25) is 0 Å². The molecule has 2 rings (SSSR count). The Labute approximate surface area is 122 Å². The van der Waals surface area contributed by atoms with Gasteiger partial charge < -0.3 is 16.4 Å². The van der Waals surface area contributed by atoms with Crippen LogP contribution in [0.4, 0.5) is 16.2 Å². The van der Waals surface area contributed by atoms with Crippen molar-refractivity contribution < 1.29 is 4.79 Å². The molecular weight excluding hydrogens is 272 g/mol. The van der Waals surface area contributed by atoms with E-state index in [4.69, 9.17) is 5.73 Å². The zero-order valence-corrected chi connectivity index (χ0v) is 12.5. The van der Waals surface area contributed by atoms with Gasteiger partial charge in [0, 0.05) is 16.3 Å². The highest BCUT2D eigenvalue weighted by molar-refractivity contribution is 7.11. The Kier molecular flexibility index (Phi) is 4.24. The Bertz CT molecular complexity index is 606. The van der Waals surface area contributed by atoms with Crippen molar-refractivity contribution in [3.8, 4) is 0 Å². The molecule has 1 heterocycles. The number of nitrogens with zero attached hydrogens (tertiary/aromatic N) is 1. The lowest BCUT2D eigenvalue weighted by molar-refractivity contribution is 0.259. The molecule has 20 heavy (non-hydrogen) atoms. The summed E-state index contributed by atoms with van der Waals surface area (Å²) < 4.78 is 0. The number of hydrogen-bond donors (Lipinski definition) is 3. The van der Waals surface area contributed by atoms with Gasteiger partial charge in [0.1, 0.15) is 0 Å². The van der Waals surface area contributed by atoms with Gasteiger partial charge in [-0.05, 0) is 45.0 Å². The van der Waals surface area contributed by atoms with Crippen LogP contribution in [0.25, 0.3) is 0 Å². The Hall–Kier alpha value is -2.08. The monoisotopic (exact) mass is 290 g/mol. The van der Waals surface area contributed by atoms with Crippen molar-refractivity contribution in [1.82, 2.24) is 4.98 Å². The Balaban J connectivity index is 2.06. The second-order valence-corrected chi connectivity index (χ2v) is 6.01. The van der Waals surface area contributed by atoms with Gasteiger partial charge in [-0.25, -0.2) is 9.78 Å². The summed E-state index contributed by atoms with van der Waals surface area (Å²) in [5.41, 5.74) is 7.79. The van der Waals surface area contributed by atoms with E-state index < -0.39 is 6.03 Å². The van der Waals surface area contributed by atoms with Gasteiger partial charge in [0.15, 0.2) is 0 Å². The number of aromatic nitrogens is 1. The van der Waals surface area contributed by atoms with Crippen LogP contribution in [0, 0.1) is 13.8 Å². The zero-order valence-electron chi connectivity index (χ0n) is 11.7. The molecule has 0 fully saturated rings. The van der Waals surface area contributed by atoms with E-state index in [1.165, 1.54) is 4.88 Å². The van der Waals surface area contributed by atoms with Gasteiger partial charge >= 0.3 is 6.03 Å². The minimum absolute atomic E-state index is 0.134. The molecule has 0 saturated heterocycles. The van der Waals surface area contributed by atoms with Crippen molar-refractivity contribution in [3.05, 3.63) is 39.8 Å². The topological polar surface area (TPSA) is 80.0 Å². The number of urea groups is 1. The van der Waals surface area contributed by atoms with E-state index in [1.807, 2.05) is 19.1 Å². The number of carbonyl (C=O) groups excluding carboxylic acids is 1. The number of anilines is 2. The number of carbonyl (C=O) groups is 1. The summed E-state index contributed by atoms with van der Waals surface area (Å²) in [4.78, 5) is 16.5. The molecule has 0 aliphatic rings. The third kappa shape index (κ3) is 3.48. The quantitative estimate of drug-likeness (QED) is 0.807. The molecule has 1 atom stereocenters. The van der Waals surface area contributed by atoms with Crippen molar-refractivity contribution in [2.45, 2.75) is 26.8 Å². The zero-order chi connectivity index (χ0) is 14.7. The molecule has 0 aliphatic heterocycles. The highest BCUT2D eigenvalue weighted by Gasteiger charge is 2.12. The average Bonchev–Trinajstić information content (AvgIpc) is 2.70. The number of primary amides is 1. The minimum Gasteiger partial charge on any atom is -0.377 e. The fourth-order valence-corrected chi connectivity index (χ4v) is 2.97. The van der Waals surface area contributed by atoms with Gasteiger partial charge in [0.25, 0.3) is 0 Å². The van der Waals surface area contributed by atoms with Crippen LogP contribution < -0.4 is 16.4 Å². The lowest BCUT2D eigenvalue weighted by Gasteiger charge is -2.14. The number of benzene rings is 1. The average molecular weight is 290 g/mol. The number of hydrogen-bond acceptors (Lipinski definition) is 4. The molecule has 5 nitrogen and oxygen atoms in total. The first-order chi connectivity index (χ1) is 9.45. The molecule has 1 aromatic carbocycles. The Morgan fingerprint density at radius 1 is 1.25 bits per heavy atom. The van der Waals surface area contributed by atoms with E-state index >= 15 is 0 Å². The first-order valence-electron chi connectivity index (χ1n) is 6.32. The number of aryl methyl sites for hydroxylation is 2. The van der Waals surface area contributed by atoms with Crippen molar-refractivity contribution in [2.24, 2.45) is 5.73 Å². The summed E-state index contributed by atoms with van der Waals surface area (Å²) in [5, 5.41) is 7.00. The van der Waals surface area contributed by atoms with Crippen molar-refractivity contribution in [2.75, 3.05) is 10.6 Å². The highest BCUT2D eigenvalue weighted by Crippen LogP contribution is 2.26. The van der Waals surface area contributed by atoms with Crippen LogP contribution in [0.3, 0.4) is 0 Å². The second-order valence-electron chi connectivity index (χ2n) is 4.61. The smallest absolute Gasteiger partial charge is 0.316 e. The SMILES string of the molecule is Cc1nc(C(C)Nc2ccc(NC(N)=O)cc2)c(C)s1. The predicted molar refractivity (Wildman–Crippen MR) is 83.3 cm³/mol. The number of rotatable bonds is 4. The fourth-order valence-electron chi connectivity index (χ4n) is 2.06. The molecule has 0 radical (unpaired) electrons. The molecule has 0 aliphatic carbocycles. The van der Waals surface area contributed by atoms with Crippen molar-refractivity contribution >= 4 is 28.7 Å². The molecule has 0 spiro atoms. The first-order valence-corrected chi connectivity index (χ1v) is 7.14. The van der Waals surface area contributed by atoms with Crippen LogP contribution in [0.1, 0.15) is 28.5 Å². The molecule has 2 amide bonds. The van der Waals surface area contributed by atoms with Gasteiger partial charge in [-0.1, -0.05) is 0 Å². The third-order valence-corrected chi connectivity index (χ3v) is 3.79. The van der Waals surface area contributed by atoms with Gasteiger partial charge in [-0.3, -0.25) is 0 Å². The number of nitrogens with one attached hydrogen (secondary N) is 2. The van der Waals surface area contributed by atoms with E-state index in [2.05, 4.69) is 29.5 Å². The Morgan fingerprint density at radius 3 is 2.35 bits per heavy atom. The summed E-state index contributed by atoms with van der Waals surface area (Å²) in [6.45, 7) is 6.17. The lowest BCUT2D eigenvalue weighted by atomic mass is 10.2. The summed E-state index contributed by atoms with van der Waals surface area (Å²) in [7, 11) is 0. The molecule has 6 heteroatoms. The molecule has 0 saturated carbocycles. The maximum Gasteiger partial charge on any atom is 0.316 e. The highest BCUT2D eigenvalue weighted by atomic mass is 32.1. The van der Waals surface area contributed by atoms with Gasteiger partial charge in [-0.2, -0.15) is 0 Å². The fraction of sp³-hybridized carbons (Fsp3) is 0.286. The van der Waals surface area contributed by atoms with E-state index in [9.17, 15) is 4.79 Å². The van der Waals surface area contributed by atoms with Crippen LogP contribution in [0.2, 0.25) is 0 Å². The van der Waals surface area contributed by atoms with Crippen LogP contribution in [-0.2, 0) is 0 Å². The molecular formula is C14H18N4OS. The van der Waals surface area contributed by atoms with Gasteiger partial charge in [-0.15, -0.1) is 11.3 Å². The van der Waals surface area contributed by atoms with Crippen molar-refractivity contribution in [3.63, 3.8) is 0 Å². The lowest BCUT2D eigenvalue weighted by Crippen LogP contribution is -2.19. The van der Waals surface area contributed by atoms with Gasteiger partial charge in [0.05, 0.1) is 16.7 Å². The predicted octanol–water partition coefficient (Wildman–Crippen LogP) is 3.42. The molecule has 0 bridgehead atoms. The van der Waals surface area contributed by atoms with E-state index in [1.54, 1.807) is 23.5 Å². The van der Waals surface area contributed by atoms with E-state index in [0.29, 0.717) is 5.69 Å². The summed E-state index contributed by atoms with van der Waals surface area (Å²) >= 11 is 1.70. The standard InChI is InChI=1S/C14H18N4OS/c1-8(13-9(2)20-10(3)17-13)16-11-4-6-12(7-5-11)18-14(15)19/h4-8,16H,1-3H3,(H3,15,18,19). The maximum atomic E-state index is 10.7. The Morgan fingerprint density at radius 2 is 1.85 bits per heavy atom. The van der Waals surface area contributed by atoms with Crippen molar-refractivity contribution in [1.29, 1.82) is 0 Å². The largest absolute Gasteiger partial charge is 0.377 e. The molecule has 1 unspecified atom stereocenters. The second kappa shape index (κ2) is 5.92. The summed E-state index contributed by atoms with van der Waals surface area (Å²) in [6, 6.07) is 6.98. The van der Waals surface area contributed by atoms with E-state index in [-0.39, 0.29) is 6.04 Å². The van der Waals surface area contributed by atoms with Crippen LogP contribution >= 0.6 is 11.3 Å². The molecule has 4 N–H and O–H groups in total. The number of amides is 2. The number of thiazole rings is 1. The van der Waals surface area contributed by atoms with Crippen LogP contribution in [0.15, 0.2) is 24.3 Å². The first kappa shape index (κ1) is 14.3. The molecule has 1 aromatic heterocycles. The molecule has 106 valence electrons. The third-order valence-electron chi connectivity index (χ3n) is 2.89. The minimum atomic E-state index is -0.562.